The summed E-state index contributed by atoms with van der Waals surface area (Å²) in [7, 11) is 0. The predicted molar refractivity (Wildman–Crippen MR) is 115 cm³/mol. The van der Waals surface area contributed by atoms with Crippen LogP contribution in [0.1, 0.15) is 34.8 Å². The maximum absolute atomic E-state index is 12.7. The van der Waals surface area contributed by atoms with E-state index in [2.05, 4.69) is 9.88 Å². The third-order valence-electron chi connectivity index (χ3n) is 5.13. The van der Waals surface area contributed by atoms with Gasteiger partial charge in [-0.15, -0.1) is 0 Å². The van der Waals surface area contributed by atoms with Crippen molar-refractivity contribution in [2.75, 3.05) is 44.3 Å². The van der Waals surface area contributed by atoms with Crippen LogP contribution in [0, 0.1) is 13.8 Å². The topological polar surface area (TPSA) is 72.0 Å². The van der Waals surface area contributed by atoms with Gasteiger partial charge in [0.15, 0.2) is 6.61 Å². The van der Waals surface area contributed by atoms with Crippen molar-refractivity contribution in [1.82, 2.24) is 9.88 Å². The molecule has 30 heavy (non-hydrogen) atoms. The van der Waals surface area contributed by atoms with E-state index in [1.807, 2.05) is 43.0 Å². The van der Waals surface area contributed by atoms with Gasteiger partial charge in [0.05, 0.1) is 12.2 Å². The number of aryl methyl sites for hydroxylation is 2. The summed E-state index contributed by atoms with van der Waals surface area (Å²) in [4.78, 5) is 32.8. The van der Waals surface area contributed by atoms with Gasteiger partial charge < -0.3 is 19.3 Å². The van der Waals surface area contributed by atoms with Crippen molar-refractivity contribution < 1.29 is 19.1 Å². The Morgan fingerprint density at radius 2 is 1.90 bits per heavy atom. The van der Waals surface area contributed by atoms with E-state index in [4.69, 9.17) is 9.47 Å². The molecule has 1 aromatic heterocycles. The fourth-order valence-electron chi connectivity index (χ4n) is 3.40. The highest BCUT2D eigenvalue weighted by Crippen LogP contribution is 2.19. The average molecular weight is 412 g/mol. The first-order valence-electron chi connectivity index (χ1n) is 10.3. The lowest BCUT2D eigenvalue weighted by molar-refractivity contribution is -0.133. The molecular weight excluding hydrogens is 382 g/mol. The Bertz CT molecular complexity index is 883. The summed E-state index contributed by atoms with van der Waals surface area (Å²) in [6, 6.07) is 9.54. The van der Waals surface area contributed by atoms with Crippen molar-refractivity contribution >= 4 is 17.7 Å². The lowest BCUT2D eigenvalue weighted by atomic mass is 10.1. The number of rotatable bonds is 6. The molecule has 0 bridgehead atoms. The maximum atomic E-state index is 12.7. The number of amides is 1. The zero-order valence-corrected chi connectivity index (χ0v) is 17.9. The number of esters is 1. The molecule has 2 aromatic rings. The van der Waals surface area contributed by atoms with Gasteiger partial charge in [0.1, 0.15) is 11.6 Å². The van der Waals surface area contributed by atoms with E-state index >= 15 is 0 Å². The second-order valence-electron chi connectivity index (χ2n) is 7.40. The van der Waals surface area contributed by atoms with E-state index in [0.29, 0.717) is 31.8 Å². The van der Waals surface area contributed by atoms with Gasteiger partial charge in [-0.05, 0) is 56.5 Å². The Hall–Kier alpha value is -3.09. The first kappa shape index (κ1) is 21.6. The van der Waals surface area contributed by atoms with Gasteiger partial charge in [0.25, 0.3) is 5.91 Å². The Kier molecular flexibility index (Phi) is 7.27. The summed E-state index contributed by atoms with van der Waals surface area (Å²) >= 11 is 0. The molecule has 2 heterocycles. The monoisotopic (exact) mass is 411 g/mol. The van der Waals surface area contributed by atoms with Crippen molar-refractivity contribution in [1.29, 1.82) is 0 Å². The largest absolute Gasteiger partial charge is 0.483 e. The SMILES string of the molecule is CCOC(=O)c1ccc(N2CCCN(C(=O)COc3cc(C)ccc3C)CC2)nc1. The highest BCUT2D eigenvalue weighted by atomic mass is 16.5. The first-order chi connectivity index (χ1) is 14.5. The molecule has 1 saturated heterocycles. The zero-order chi connectivity index (χ0) is 21.5. The molecule has 160 valence electrons. The Morgan fingerprint density at radius 1 is 1.07 bits per heavy atom. The minimum absolute atomic E-state index is 0.0108. The highest BCUT2D eigenvalue weighted by Gasteiger charge is 2.21. The van der Waals surface area contributed by atoms with Gasteiger partial charge in [-0.3, -0.25) is 4.79 Å². The molecule has 1 fully saturated rings. The molecule has 1 aliphatic rings. The Morgan fingerprint density at radius 3 is 2.63 bits per heavy atom. The second-order valence-corrected chi connectivity index (χ2v) is 7.40. The van der Waals surface area contributed by atoms with Crippen LogP contribution in [-0.2, 0) is 9.53 Å². The van der Waals surface area contributed by atoms with Crippen LogP contribution < -0.4 is 9.64 Å². The van der Waals surface area contributed by atoms with E-state index in [-0.39, 0.29) is 18.5 Å². The number of benzene rings is 1. The van der Waals surface area contributed by atoms with Gasteiger partial charge in [0.2, 0.25) is 0 Å². The fourth-order valence-corrected chi connectivity index (χ4v) is 3.40. The molecule has 0 N–H and O–H groups in total. The van der Waals surface area contributed by atoms with Crippen molar-refractivity contribution in [2.24, 2.45) is 0 Å². The minimum atomic E-state index is -0.368. The van der Waals surface area contributed by atoms with Gasteiger partial charge in [-0.2, -0.15) is 0 Å². The second kappa shape index (κ2) is 10.1. The number of pyridine rings is 1. The Balaban J connectivity index is 1.54. The van der Waals surface area contributed by atoms with Crippen LogP contribution in [0.25, 0.3) is 0 Å². The molecule has 1 amide bonds. The molecule has 3 rings (SSSR count). The van der Waals surface area contributed by atoms with Crippen molar-refractivity contribution in [3.63, 3.8) is 0 Å². The number of carbonyl (C=O) groups excluding carboxylic acids is 2. The smallest absolute Gasteiger partial charge is 0.339 e. The van der Waals surface area contributed by atoms with Gasteiger partial charge >= 0.3 is 5.97 Å². The third kappa shape index (κ3) is 5.49. The molecule has 1 aromatic carbocycles. The number of carbonyl (C=O) groups is 2. The first-order valence-corrected chi connectivity index (χ1v) is 10.3. The van der Waals surface area contributed by atoms with Crippen LogP contribution >= 0.6 is 0 Å². The lowest BCUT2D eigenvalue weighted by Gasteiger charge is -2.23. The molecule has 0 saturated carbocycles. The van der Waals surface area contributed by atoms with E-state index < -0.39 is 0 Å². The van der Waals surface area contributed by atoms with Crippen LogP contribution in [-0.4, -0.2) is 61.2 Å². The molecule has 0 aliphatic carbocycles. The predicted octanol–water partition coefficient (Wildman–Crippen LogP) is 2.99. The summed E-state index contributed by atoms with van der Waals surface area (Å²) < 4.78 is 10.8. The maximum Gasteiger partial charge on any atom is 0.339 e. The van der Waals surface area contributed by atoms with Crippen LogP contribution in [0.5, 0.6) is 5.75 Å². The van der Waals surface area contributed by atoms with Crippen molar-refractivity contribution in [3.8, 4) is 5.75 Å². The van der Waals surface area contributed by atoms with Crippen molar-refractivity contribution in [3.05, 3.63) is 53.2 Å². The number of aromatic nitrogens is 1. The average Bonchev–Trinajstić information content (AvgIpc) is 3.01. The van der Waals surface area contributed by atoms with E-state index in [1.54, 1.807) is 19.2 Å². The minimum Gasteiger partial charge on any atom is -0.483 e. The summed E-state index contributed by atoms with van der Waals surface area (Å²) in [5.74, 6) is 1.17. The molecule has 7 nitrogen and oxygen atoms in total. The highest BCUT2D eigenvalue weighted by molar-refractivity contribution is 5.89. The van der Waals surface area contributed by atoms with E-state index in [1.165, 1.54) is 0 Å². The summed E-state index contributed by atoms with van der Waals surface area (Å²) in [5, 5.41) is 0. The number of hydrogen-bond acceptors (Lipinski definition) is 6. The lowest BCUT2D eigenvalue weighted by Crippen LogP contribution is -2.38. The molecule has 0 spiro atoms. The van der Waals surface area contributed by atoms with Crippen LogP contribution in [0.4, 0.5) is 5.82 Å². The number of hydrogen-bond donors (Lipinski definition) is 0. The van der Waals surface area contributed by atoms with Crippen LogP contribution in [0.3, 0.4) is 0 Å². The molecule has 7 heteroatoms. The third-order valence-corrected chi connectivity index (χ3v) is 5.13. The molecule has 0 radical (unpaired) electrons. The molecular formula is C23H29N3O4. The molecule has 0 unspecified atom stereocenters. The Labute approximate surface area is 177 Å². The summed E-state index contributed by atoms with van der Waals surface area (Å²) in [6.07, 6.45) is 2.38. The van der Waals surface area contributed by atoms with Gasteiger partial charge in [0, 0.05) is 32.4 Å². The van der Waals surface area contributed by atoms with Crippen LogP contribution in [0.15, 0.2) is 36.5 Å². The zero-order valence-electron chi connectivity index (χ0n) is 17.9. The summed E-state index contributed by atoms with van der Waals surface area (Å²) in [6.45, 7) is 8.91. The number of nitrogens with zero attached hydrogens (tertiary/aromatic N) is 3. The van der Waals surface area contributed by atoms with Crippen LogP contribution in [0.2, 0.25) is 0 Å². The normalized spacial score (nSPS) is 14.2. The number of anilines is 1. The van der Waals surface area contributed by atoms with E-state index in [0.717, 1.165) is 35.7 Å². The van der Waals surface area contributed by atoms with Gasteiger partial charge in [-0.1, -0.05) is 12.1 Å². The molecule has 1 aliphatic heterocycles. The standard InChI is InChI=1S/C23H29N3O4/c1-4-29-23(28)19-8-9-21(24-15-19)25-10-5-11-26(13-12-25)22(27)16-30-20-14-17(2)6-7-18(20)3/h6-9,14-15H,4-5,10-13,16H2,1-3H3. The quantitative estimate of drug-likeness (QED) is 0.681. The fraction of sp³-hybridized carbons (Fsp3) is 0.435. The molecule has 0 atom stereocenters. The summed E-state index contributed by atoms with van der Waals surface area (Å²) in [5.41, 5.74) is 2.57. The van der Waals surface area contributed by atoms with Gasteiger partial charge in [-0.25, -0.2) is 9.78 Å². The van der Waals surface area contributed by atoms with E-state index in [9.17, 15) is 9.59 Å². The van der Waals surface area contributed by atoms with Crippen molar-refractivity contribution in [2.45, 2.75) is 27.2 Å². The number of ether oxygens (including phenoxy) is 2.